The van der Waals surface area contributed by atoms with Crippen molar-refractivity contribution in [3.05, 3.63) is 30.1 Å². The van der Waals surface area contributed by atoms with Crippen molar-refractivity contribution in [1.29, 1.82) is 0 Å². The lowest BCUT2D eigenvalue weighted by Gasteiger charge is -2.17. The molecule has 2 N–H and O–H groups in total. The lowest BCUT2D eigenvalue weighted by atomic mass is 9.96. The maximum absolute atomic E-state index is 5.77. The van der Waals surface area contributed by atoms with Crippen molar-refractivity contribution < 1.29 is 4.74 Å². The monoisotopic (exact) mass is 258 g/mol. The van der Waals surface area contributed by atoms with E-state index in [1.54, 1.807) is 7.11 Å². The second-order valence-electron chi connectivity index (χ2n) is 5.32. The standard InChI is InChI=1S/C14H18N4O/c1-14(2,3)12-16-11(17-13(15)18-12)9-6-5-7-10(8-9)19-4/h5-8H,1-4H3,(H2,15,16,17,18). The Bertz CT molecular complexity index is 590. The number of benzene rings is 1. The second kappa shape index (κ2) is 4.84. The maximum Gasteiger partial charge on any atom is 0.223 e. The number of nitrogen functional groups attached to an aromatic ring is 1. The van der Waals surface area contributed by atoms with E-state index >= 15 is 0 Å². The zero-order valence-corrected chi connectivity index (χ0v) is 11.6. The molecule has 2 rings (SSSR count). The van der Waals surface area contributed by atoms with Crippen LogP contribution in [0.15, 0.2) is 24.3 Å². The van der Waals surface area contributed by atoms with E-state index in [9.17, 15) is 0 Å². The van der Waals surface area contributed by atoms with Crippen molar-refractivity contribution in [2.45, 2.75) is 26.2 Å². The Hall–Kier alpha value is -2.17. The van der Waals surface area contributed by atoms with Gasteiger partial charge < -0.3 is 10.5 Å². The summed E-state index contributed by atoms with van der Waals surface area (Å²) in [4.78, 5) is 12.9. The number of anilines is 1. The topological polar surface area (TPSA) is 73.9 Å². The molecular weight excluding hydrogens is 240 g/mol. The van der Waals surface area contributed by atoms with Crippen LogP contribution in [0.2, 0.25) is 0 Å². The summed E-state index contributed by atoms with van der Waals surface area (Å²) in [6.45, 7) is 6.12. The minimum absolute atomic E-state index is 0.176. The van der Waals surface area contributed by atoms with Crippen LogP contribution in [0.5, 0.6) is 5.75 Å². The van der Waals surface area contributed by atoms with Gasteiger partial charge in [-0.1, -0.05) is 32.9 Å². The van der Waals surface area contributed by atoms with Crippen molar-refractivity contribution >= 4 is 5.95 Å². The van der Waals surface area contributed by atoms with Crippen LogP contribution < -0.4 is 10.5 Å². The molecular formula is C14H18N4O. The third kappa shape index (κ3) is 2.99. The van der Waals surface area contributed by atoms with Gasteiger partial charge in [0.1, 0.15) is 11.6 Å². The average Bonchev–Trinajstić information content (AvgIpc) is 2.37. The van der Waals surface area contributed by atoms with Gasteiger partial charge in [-0.3, -0.25) is 0 Å². The van der Waals surface area contributed by atoms with Gasteiger partial charge >= 0.3 is 0 Å². The number of methoxy groups -OCH3 is 1. The Morgan fingerprint density at radius 1 is 1.11 bits per heavy atom. The van der Waals surface area contributed by atoms with Crippen molar-refractivity contribution in [1.82, 2.24) is 15.0 Å². The molecule has 0 saturated heterocycles. The molecule has 0 atom stereocenters. The Morgan fingerprint density at radius 3 is 2.47 bits per heavy atom. The van der Waals surface area contributed by atoms with Crippen LogP contribution in [0, 0.1) is 0 Å². The summed E-state index contributed by atoms with van der Waals surface area (Å²) in [5, 5.41) is 0. The van der Waals surface area contributed by atoms with Crippen molar-refractivity contribution in [3.63, 3.8) is 0 Å². The Morgan fingerprint density at radius 2 is 1.84 bits per heavy atom. The highest BCUT2D eigenvalue weighted by Gasteiger charge is 2.19. The van der Waals surface area contributed by atoms with Gasteiger partial charge in [0, 0.05) is 11.0 Å². The Labute approximate surface area is 112 Å². The van der Waals surface area contributed by atoms with E-state index in [0.29, 0.717) is 11.6 Å². The van der Waals surface area contributed by atoms with Gasteiger partial charge in [0.2, 0.25) is 5.95 Å². The van der Waals surface area contributed by atoms with Crippen LogP contribution in [0.4, 0.5) is 5.95 Å². The van der Waals surface area contributed by atoms with Gasteiger partial charge in [-0.25, -0.2) is 4.98 Å². The van der Waals surface area contributed by atoms with E-state index in [2.05, 4.69) is 15.0 Å². The third-order valence-corrected chi connectivity index (χ3v) is 2.65. The summed E-state index contributed by atoms with van der Waals surface area (Å²) < 4.78 is 5.20. The molecule has 0 saturated carbocycles. The number of nitrogens with two attached hydrogens (primary N) is 1. The van der Waals surface area contributed by atoms with Crippen LogP contribution in [-0.4, -0.2) is 22.1 Å². The van der Waals surface area contributed by atoms with Crippen LogP contribution in [-0.2, 0) is 5.41 Å². The molecule has 100 valence electrons. The van der Waals surface area contributed by atoms with Crippen molar-refractivity contribution in [2.75, 3.05) is 12.8 Å². The number of hydrogen-bond acceptors (Lipinski definition) is 5. The average molecular weight is 258 g/mol. The van der Waals surface area contributed by atoms with Gasteiger partial charge in [-0.15, -0.1) is 0 Å². The molecule has 0 fully saturated rings. The van der Waals surface area contributed by atoms with E-state index in [1.807, 2.05) is 45.0 Å². The molecule has 0 unspecified atom stereocenters. The molecule has 0 bridgehead atoms. The number of aromatic nitrogens is 3. The molecule has 1 aromatic heterocycles. The quantitative estimate of drug-likeness (QED) is 0.895. The van der Waals surface area contributed by atoms with E-state index in [0.717, 1.165) is 11.3 Å². The first-order valence-corrected chi connectivity index (χ1v) is 6.06. The molecule has 0 amide bonds. The number of hydrogen-bond donors (Lipinski definition) is 1. The van der Waals surface area contributed by atoms with Crippen molar-refractivity contribution in [2.24, 2.45) is 0 Å². The number of rotatable bonds is 2. The zero-order valence-electron chi connectivity index (χ0n) is 11.6. The molecule has 0 aliphatic rings. The predicted molar refractivity (Wildman–Crippen MR) is 74.9 cm³/mol. The second-order valence-corrected chi connectivity index (χ2v) is 5.32. The highest BCUT2D eigenvalue weighted by molar-refractivity contribution is 5.58. The summed E-state index contributed by atoms with van der Waals surface area (Å²) in [5.41, 5.74) is 6.45. The van der Waals surface area contributed by atoms with Gasteiger partial charge in [0.25, 0.3) is 0 Å². The minimum atomic E-state index is -0.176. The molecule has 19 heavy (non-hydrogen) atoms. The van der Waals surface area contributed by atoms with Gasteiger partial charge in [-0.2, -0.15) is 9.97 Å². The normalized spacial score (nSPS) is 11.4. The third-order valence-electron chi connectivity index (χ3n) is 2.65. The SMILES string of the molecule is COc1cccc(-c2nc(N)nc(C(C)(C)C)n2)c1. The van der Waals surface area contributed by atoms with Crippen molar-refractivity contribution in [3.8, 4) is 17.1 Å². The molecule has 0 aliphatic heterocycles. The first kappa shape index (κ1) is 13.3. The van der Waals surface area contributed by atoms with E-state index in [-0.39, 0.29) is 11.4 Å². The highest BCUT2D eigenvalue weighted by Crippen LogP contribution is 2.24. The summed E-state index contributed by atoms with van der Waals surface area (Å²) in [6, 6.07) is 7.56. The number of ether oxygens (including phenoxy) is 1. The summed E-state index contributed by atoms with van der Waals surface area (Å²) in [5.74, 6) is 2.24. The molecule has 0 radical (unpaired) electrons. The van der Waals surface area contributed by atoms with Crippen LogP contribution in [0.3, 0.4) is 0 Å². The molecule has 1 heterocycles. The lowest BCUT2D eigenvalue weighted by Crippen LogP contribution is -2.18. The lowest BCUT2D eigenvalue weighted by molar-refractivity contribution is 0.415. The fourth-order valence-electron chi connectivity index (χ4n) is 1.62. The Balaban J connectivity index is 2.53. The Kier molecular flexibility index (Phi) is 3.38. The summed E-state index contributed by atoms with van der Waals surface area (Å²) >= 11 is 0. The first-order chi connectivity index (χ1) is 8.90. The fourth-order valence-corrected chi connectivity index (χ4v) is 1.62. The van der Waals surface area contributed by atoms with Crippen LogP contribution >= 0.6 is 0 Å². The van der Waals surface area contributed by atoms with E-state index in [4.69, 9.17) is 10.5 Å². The molecule has 0 spiro atoms. The smallest absolute Gasteiger partial charge is 0.223 e. The highest BCUT2D eigenvalue weighted by atomic mass is 16.5. The number of nitrogens with zero attached hydrogens (tertiary/aromatic N) is 3. The molecule has 1 aromatic carbocycles. The van der Waals surface area contributed by atoms with Crippen LogP contribution in [0.1, 0.15) is 26.6 Å². The molecule has 5 heteroatoms. The zero-order chi connectivity index (χ0) is 14.0. The predicted octanol–water partition coefficient (Wildman–Crippen LogP) is 2.43. The first-order valence-electron chi connectivity index (χ1n) is 6.06. The molecule has 0 aliphatic carbocycles. The van der Waals surface area contributed by atoms with E-state index in [1.165, 1.54) is 0 Å². The summed E-state index contributed by atoms with van der Waals surface area (Å²) in [7, 11) is 1.63. The summed E-state index contributed by atoms with van der Waals surface area (Å²) in [6.07, 6.45) is 0. The van der Waals surface area contributed by atoms with Gasteiger partial charge in [0.15, 0.2) is 5.82 Å². The fraction of sp³-hybridized carbons (Fsp3) is 0.357. The van der Waals surface area contributed by atoms with Crippen LogP contribution in [0.25, 0.3) is 11.4 Å². The maximum atomic E-state index is 5.77. The van der Waals surface area contributed by atoms with Gasteiger partial charge in [-0.05, 0) is 12.1 Å². The molecule has 5 nitrogen and oxygen atoms in total. The minimum Gasteiger partial charge on any atom is -0.497 e. The van der Waals surface area contributed by atoms with E-state index < -0.39 is 0 Å². The molecule has 2 aromatic rings. The largest absolute Gasteiger partial charge is 0.497 e. The van der Waals surface area contributed by atoms with Gasteiger partial charge in [0.05, 0.1) is 7.11 Å².